The van der Waals surface area contributed by atoms with E-state index in [4.69, 9.17) is 4.74 Å². The molecule has 0 atom stereocenters. The molecule has 0 N–H and O–H groups in total. The fourth-order valence-electron chi connectivity index (χ4n) is 4.91. The Labute approximate surface area is 195 Å². The van der Waals surface area contributed by atoms with Crippen LogP contribution in [0, 0.1) is 6.92 Å². The van der Waals surface area contributed by atoms with Gasteiger partial charge in [0.15, 0.2) is 5.78 Å². The molecule has 0 amide bonds. The summed E-state index contributed by atoms with van der Waals surface area (Å²) in [6.45, 7) is 5.02. The molecule has 34 heavy (non-hydrogen) atoms. The predicted molar refractivity (Wildman–Crippen MR) is 126 cm³/mol. The Balaban J connectivity index is 1.68. The number of halogens is 3. The molecule has 5 rings (SSSR count). The minimum atomic E-state index is -4.68. The maximum Gasteiger partial charge on any atom is 0.432 e. The maximum absolute atomic E-state index is 14.6. The number of carbonyl (C=O) groups excluding carboxylic acids is 1. The largest absolute Gasteiger partial charge is 0.432 e. The van der Waals surface area contributed by atoms with E-state index in [9.17, 15) is 18.0 Å². The molecule has 4 nitrogen and oxygen atoms in total. The van der Waals surface area contributed by atoms with E-state index in [2.05, 4.69) is 4.90 Å². The average Bonchev–Trinajstić information content (AvgIpc) is 3.18. The van der Waals surface area contributed by atoms with Gasteiger partial charge in [-0.05, 0) is 29.3 Å². The number of alkyl halides is 3. The summed E-state index contributed by atoms with van der Waals surface area (Å²) in [6, 6.07) is 17.4. The van der Waals surface area contributed by atoms with Crippen LogP contribution >= 0.6 is 0 Å². The summed E-state index contributed by atoms with van der Waals surface area (Å²) < 4.78 is 50.3. The van der Waals surface area contributed by atoms with Crippen LogP contribution in [0.2, 0.25) is 0 Å². The SMILES string of the molecule is Cc1ccc(C(=O)c2c(C(F)(F)F)n(CCN3CCOCC3)c3ccccc23)c2ccccc12. The Hall–Kier alpha value is -3.16. The van der Waals surface area contributed by atoms with Crippen molar-refractivity contribution in [2.24, 2.45) is 0 Å². The lowest BCUT2D eigenvalue weighted by molar-refractivity contribution is -0.143. The fraction of sp³-hybridized carbons (Fsp3) is 0.296. The second-order valence-electron chi connectivity index (χ2n) is 8.65. The number of aromatic nitrogens is 1. The van der Waals surface area contributed by atoms with Crippen LogP contribution in [0.4, 0.5) is 13.2 Å². The molecule has 4 aromatic rings. The van der Waals surface area contributed by atoms with Crippen LogP contribution in [0.5, 0.6) is 0 Å². The van der Waals surface area contributed by atoms with E-state index >= 15 is 0 Å². The number of hydrogen-bond acceptors (Lipinski definition) is 3. The van der Waals surface area contributed by atoms with Gasteiger partial charge in [-0.3, -0.25) is 9.69 Å². The van der Waals surface area contributed by atoms with E-state index in [1.165, 1.54) is 4.57 Å². The summed E-state index contributed by atoms with van der Waals surface area (Å²) in [4.78, 5) is 15.9. The van der Waals surface area contributed by atoms with Gasteiger partial charge in [-0.15, -0.1) is 0 Å². The van der Waals surface area contributed by atoms with Gasteiger partial charge in [0.05, 0.1) is 18.8 Å². The van der Waals surface area contributed by atoms with Gasteiger partial charge in [0.2, 0.25) is 0 Å². The Morgan fingerprint density at radius 1 is 0.882 bits per heavy atom. The molecule has 0 saturated carbocycles. The van der Waals surface area contributed by atoms with Crippen LogP contribution in [0.1, 0.15) is 27.2 Å². The second kappa shape index (κ2) is 8.89. The molecule has 3 aromatic carbocycles. The molecule has 0 aliphatic carbocycles. The normalized spacial score (nSPS) is 15.3. The molecule has 1 fully saturated rings. The van der Waals surface area contributed by atoms with Crippen molar-refractivity contribution in [2.75, 3.05) is 32.8 Å². The van der Waals surface area contributed by atoms with Crippen LogP contribution in [0.15, 0.2) is 60.7 Å². The third kappa shape index (κ3) is 3.99. The zero-order valence-electron chi connectivity index (χ0n) is 18.9. The van der Waals surface area contributed by atoms with Crippen molar-refractivity contribution in [3.63, 3.8) is 0 Å². The first kappa shape index (κ1) is 22.6. The van der Waals surface area contributed by atoms with Gasteiger partial charge in [-0.2, -0.15) is 13.2 Å². The van der Waals surface area contributed by atoms with Gasteiger partial charge < -0.3 is 9.30 Å². The van der Waals surface area contributed by atoms with E-state index < -0.39 is 17.7 Å². The number of hydrogen-bond donors (Lipinski definition) is 0. The highest BCUT2D eigenvalue weighted by Crippen LogP contribution is 2.40. The zero-order chi connectivity index (χ0) is 23.9. The van der Waals surface area contributed by atoms with E-state index in [1.54, 1.807) is 48.5 Å². The summed E-state index contributed by atoms with van der Waals surface area (Å²) in [7, 11) is 0. The molecule has 1 aliphatic rings. The summed E-state index contributed by atoms with van der Waals surface area (Å²) in [5, 5.41) is 1.84. The number of para-hydroxylation sites is 1. The topological polar surface area (TPSA) is 34.5 Å². The standard InChI is InChI=1S/C27H25F3N2O2/c1-18-10-11-21(20-7-3-2-6-19(18)20)25(33)24-22-8-4-5-9-23(22)32(26(24)27(28,29)30)13-12-31-14-16-34-17-15-31/h2-11H,12-17H2,1H3. The lowest BCUT2D eigenvalue weighted by Crippen LogP contribution is -2.38. The van der Waals surface area contributed by atoms with Crippen molar-refractivity contribution in [2.45, 2.75) is 19.6 Å². The van der Waals surface area contributed by atoms with Crippen molar-refractivity contribution >= 4 is 27.5 Å². The van der Waals surface area contributed by atoms with Gasteiger partial charge in [-0.25, -0.2) is 0 Å². The Kier molecular flexibility index (Phi) is 5.91. The van der Waals surface area contributed by atoms with E-state index in [1.807, 2.05) is 19.1 Å². The highest BCUT2D eigenvalue weighted by molar-refractivity contribution is 6.22. The molecule has 1 aromatic heterocycles. The number of ether oxygens (including phenoxy) is 1. The Morgan fingerprint density at radius 3 is 2.24 bits per heavy atom. The first-order valence-electron chi connectivity index (χ1n) is 11.4. The van der Waals surface area contributed by atoms with Gasteiger partial charge >= 0.3 is 6.18 Å². The first-order valence-corrected chi connectivity index (χ1v) is 11.4. The number of benzene rings is 3. The third-order valence-electron chi connectivity index (χ3n) is 6.60. The molecule has 0 unspecified atom stereocenters. The second-order valence-corrected chi connectivity index (χ2v) is 8.65. The number of ketones is 1. The number of rotatable bonds is 5. The first-order chi connectivity index (χ1) is 16.4. The van der Waals surface area contributed by atoms with Crippen molar-refractivity contribution in [3.05, 3.63) is 83.0 Å². The molecule has 0 bridgehead atoms. The molecule has 0 radical (unpaired) electrons. The predicted octanol–water partition coefficient (Wildman–Crippen LogP) is 5.68. The van der Waals surface area contributed by atoms with Crippen molar-refractivity contribution < 1.29 is 22.7 Å². The summed E-state index contributed by atoms with van der Waals surface area (Å²) >= 11 is 0. The van der Waals surface area contributed by atoms with Gasteiger partial charge in [-0.1, -0.05) is 54.6 Å². The van der Waals surface area contributed by atoms with Gasteiger partial charge in [0.25, 0.3) is 0 Å². The molecular formula is C27H25F3N2O2. The van der Waals surface area contributed by atoms with Crippen molar-refractivity contribution in [3.8, 4) is 0 Å². The quantitative estimate of drug-likeness (QED) is 0.355. The molecular weight excluding hydrogens is 441 g/mol. The molecule has 1 saturated heterocycles. The summed E-state index contributed by atoms with van der Waals surface area (Å²) in [6.07, 6.45) is -4.68. The summed E-state index contributed by atoms with van der Waals surface area (Å²) in [5.74, 6) is -0.607. The van der Waals surface area contributed by atoms with Crippen LogP contribution in [0.25, 0.3) is 21.7 Å². The van der Waals surface area contributed by atoms with Crippen molar-refractivity contribution in [1.29, 1.82) is 0 Å². The van der Waals surface area contributed by atoms with Crippen LogP contribution in [0.3, 0.4) is 0 Å². The number of carbonyl (C=O) groups is 1. The number of nitrogens with zero attached hydrogens (tertiary/aromatic N) is 2. The minimum Gasteiger partial charge on any atom is -0.379 e. The number of morpholine rings is 1. The molecule has 7 heteroatoms. The third-order valence-corrected chi connectivity index (χ3v) is 6.60. The lowest BCUT2D eigenvalue weighted by Gasteiger charge is -2.27. The van der Waals surface area contributed by atoms with Crippen LogP contribution in [-0.4, -0.2) is 48.1 Å². The highest BCUT2D eigenvalue weighted by atomic mass is 19.4. The molecule has 2 heterocycles. The average molecular weight is 467 g/mol. The van der Waals surface area contributed by atoms with Gasteiger partial charge in [0.1, 0.15) is 5.69 Å². The molecule has 1 aliphatic heterocycles. The van der Waals surface area contributed by atoms with Gasteiger partial charge in [0, 0.05) is 42.6 Å². The Bertz CT molecular complexity index is 1370. The molecule has 176 valence electrons. The van der Waals surface area contributed by atoms with E-state index in [0.717, 1.165) is 10.9 Å². The fourth-order valence-corrected chi connectivity index (χ4v) is 4.91. The maximum atomic E-state index is 14.6. The van der Waals surface area contributed by atoms with E-state index in [0.29, 0.717) is 49.1 Å². The smallest absolute Gasteiger partial charge is 0.379 e. The number of fused-ring (bicyclic) bond motifs is 2. The Morgan fingerprint density at radius 2 is 1.53 bits per heavy atom. The van der Waals surface area contributed by atoms with Crippen LogP contribution < -0.4 is 0 Å². The lowest BCUT2D eigenvalue weighted by atomic mass is 9.93. The van der Waals surface area contributed by atoms with Crippen molar-refractivity contribution in [1.82, 2.24) is 9.47 Å². The number of aryl methyl sites for hydroxylation is 1. The monoisotopic (exact) mass is 466 g/mol. The highest BCUT2D eigenvalue weighted by Gasteiger charge is 2.41. The van der Waals surface area contributed by atoms with E-state index in [-0.39, 0.29) is 17.7 Å². The van der Waals surface area contributed by atoms with Crippen LogP contribution in [-0.2, 0) is 17.5 Å². The zero-order valence-corrected chi connectivity index (χ0v) is 18.9. The molecule has 0 spiro atoms. The minimum absolute atomic E-state index is 0.136. The summed E-state index contributed by atoms with van der Waals surface area (Å²) in [5.41, 5.74) is 0.512.